The summed E-state index contributed by atoms with van der Waals surface area (Å²) in [7, 11) is 0. The van der Waals surface area contributed by atoms with Gasteiger partial charge in [-0.25, -0.2) is 0 Å². The molecule has 0 spiro atoms. The summed E-state index contributed by atoms with van der Waals surface area (Å²) in [6.45, 7) is 2.18. The number of ketones is 2. The van der Waals surface area contributed by atoms with Crippen molar-refractivity contribution in [3.8, 4) is 0 Å². The smallest absolute Gasteiger partial charge is 0.232 e. The number of amides is 2. The molecule has 6 heteroatoms. The van der Waals surface area contributed by atoms with Gasteiger partial charge in [0.2, 0.25) is 18.5 Å². The lowest BCUT2D eigenvalue weighted by Crippen LogP contribution is -2.65. The third-order valence-electron chi connectivity index (χ3n) is 1.61. The van der Waals surface area contributed by atoms with Crippen LogP contribution in [-0.4, -0.2) is 30.0 Å². The number of hydrogen-bond donors (Lipinski definition) is 2. The summed E-state index contributed by atoms with van der Waals surface area (Å²) in [6, 6.07) is 0. The maximum atomic E-state index is 11.0. The average Bonchev–Trinajstić information content (AvgIpc) is 2.03. The molecule has 0 heterocycles. The summed E-state index contributed by atoms with van der Waals surface area (Å²) >= 11 is 0. The molecule has 0 saturated heterocycles. The standard InChI is InChI=1S/C7H10N2O4/c1-5(12)7(6(2)13,8-3-10)9-4-11/h3-4H,1-2H3,(H,8,10)(H,9,11). The summed E-state index contributed by atoms with van der Waals surface area (Å²) in [4.78, 5) is 42.3. The maximum absolute atomic E-state index is 11.0. The van der Waals surface area contributed by atoms with Gasteiger partial charge in [0.25, 0.3) is 0 Å². The van der Waals surface area contributed by atoms with Gasteiger partial charge in [0, 0.05) is 0 Å². The molecular weight excluding hydrogens is 176 g/mol. The molecule has 13 heavy (non-hydrogen) atoms. The second-order valence-corrected chi connectivity index (χ2v) is 2.39. The van der Waals surface area contributed by atoms with E-state index in [-0.39, 0.29) is 12.8 Å². The van der Waals surface area contributed by atoms with Crippen LogP contribution < -0.4 is 10.6 Å². The first-order chi connectivity index (χ1) is 6.01. The molecule has 0 atom stereocenters. The Morgan fingerprint density at radius 1 is 1.00 bits per heavy atom. The minimum atomic E-state index is -1.91. The molecule has 0 aromatic rings. The molecule has 0 aliphatic carbocycles. The van der Waals surface area contributed by atoms with Crippen molar-refractivity contribution in [1.82, 2.24) is 10.6 Å². The molecule has 0 unspecified atom stereocenters. The van der Waals surface area contributed by atoms with Gasteiger partial charge in [-0.05, 0) is 13.8 Å². The fraction of sp³-hybridized carbons (Fsp3) is 0.429. The normalized spacial score (nSPS) is 10.0. The number of nitrogens with one attached hydrogen (secondary N) is 2. The van der Waals surface area contributed by atoms with Crippen molar-refractivity contribution in [3.63, 3.8) is 0 Å². The number of carbonyl (C=O) groups is 4. The Morgan fingerprint density at radius 2 is 1.31 bits per heavy atom. The molecular formula is C7H10N2O4. The zero-order valence-electron chi connectivity index (χ0n) is 7.29. The highest BCUT2D eigenvalue weighted by molar-refractivity contribution is 6.11. The molecule has 0 bridgehead atoms. The second kappa shape index (κ2) is 4.34. The molecule has 0 aromatic carbocycles. The van der Waals surface area contributed by atoms with Gasteiger partial charge in [0.05, 0.1) is 0 Å². The highest BCUT2D eigenvalue weighted by Crippen LogP contribution is 2.01. The third-order valence-corrected chi connectivity index (χ3v) is 1.61. The lowest BCUT2D eigenvalue weighted by atomic mass is 10.0. The predicted molar refractivity (Wildman–Crippen MR) is 42.5 cm³/mol. The Hall–Kier alpha value is -1.72. The minimum Gasteiger partial charge on any atom is -0.324 e. The Morgan fingerprint density at radius 3 is 1.46 bits per heavy atom. The molecule has 72 valence electrons. The van der Waals surface area contributed by atoms with Crippen LogP contribution in [0.3, 0.4) is 0 Å². The Balaban J connectivity index is 5.02. The number of Topliss-reactive ketones (excluding diaryl/α,β-unsaturated/α-hetero) is 2. The maximum Gasteiger partial charge on any atom is 0.232 e. The van der Waals surface area contributed by atoms with Gasteiger partial charge < -0.3 is 10.6 Å². The molecule has 0 saturated carbocycles. The molecule has 6 nitrogen and oxygen atoms in total. The Labute approximate surface area is 74.7 Å². The summed E-state index contributed by atoms with van der Waals surface area (Å²) in [5.74, 6) is -1.31. The Kier molecular flexibility index (Phi) is 3.77. The van der Waals surface area contributed by atoms with Crippen molar-refractivity contribution >= 4 is 24.4 Å². The van der Waals surface area contributed by atoms with E-state index >= 15 is 0 Å². The summed E-state index contributed by atoms with van der Waals surface area (Å²) in [6.07, 6.45) is 0.360. The second-order valence-electron chi connectivity index (χ2n) is 2.39. The van der Waals surface area contributed by atoms with Crippen LogP contribution in [0.25, 0.3) is 0 Å². The molecule has 2 amide bonds. The highest BCUT2D eigenvalue weighted by Gasteiger charge is 2.39. The van der Waals surface area contributed by atoms with Crippen molar-refractivity contribution in [1.29, 1.82) is 0 Å². The van der Waals surface area contributed by atoms with Crippen molar-refractivity contribution in [2.24, 2.45) is 0 Å². The van der Waals surface area contributed by atoms with E-state index in [1.54, 1.807) is 0 Å². The van der Waals surface area contributed by atoms with Crippen molar-refractivity contribution < 1.29 is 19.2 Å². The van der Waals surface area contributed by atoms with Crippen molar-refractivity contribution in [2.45, 2.75) is 19.5 Å². The summed E-state index contributed by atoms with van der Waals surface area (Å²) < 4.78 is 0. The fourth-order valence-corrected chi connectivity index (χ4v) is 0.873. The van der Waals surface area contributed by atoms with Crippen molar-refractivity contribution in [2.75, 3.05) is 0 Å². The lowest BCUT2D eigenvalue weighted by molar-refractivity contribution is -0.140. The minimum absolute atomic E-state index is 0.180. The van der Waals surface area contributed by atoms with E-state index < -0.39 is 17.2 Å². The van der Waals surface area contributed by atoms with E-state index in [0.717, 1.165) is 13.8 Å². The quantitative estimate of drug-likeness (QED) is 0.295. The van der Waals surface area contributed by atoms with E-state index in [4.69, 9.17) is 0 Å². The van der Waals surface area contributed by atoms with Crippen LogP contribution in [0.4, 0.5) is 0 Å². The third kappa shape index (κ3) is 2.11. The van der Waals surface area contributed by atoms with Crippen LogP contribution in [0.5, 0.6) is 0 Å². The molecule has 0 aromatic heterocycles. The Bertz CT molecular complexity index is 223. The molecule has 0 radical (unpaired) electrons. The van der Waals surface area contributed by atoms with Crippen LogP contribution in [0.15, 0.2) is 0 Å². The molecule has 2 N–H and O–H groups in total. The van der Waals surface area contributed by atoms with Gasteiger partial charge in [0.1, 0.15) is 0 Å². The zero-order chi connectivity index (χ0) is 10.5. The molecule has 0 aliphatic heterocycles. The molecule has 0 aliphatic rings. The van der Waals surface area contributed by atoms with Crippen LogP contribution in [0, 0.1) is 0 Å². The first-order valence-corrected chi connectivity index (χ1v) is 3.46. The first kappa shape index (κ1) is 11.3. The average molecular weight is 186 g/mol. The summed E-state index contributed by atoms with van der Waals surface area (Å²) in [5.41, 5.74) is -1.91. The summed E-state index contributed by atoms with van der Waals surface area (Å²) in [5, 5.41) is 3.95. The van der Waals surface area contributed by atoms with E-state index in [9.17, 15) is 19.2 Å². The van der Waals surface area contributed by atoms with Gasteiger partial charge in [-0.2, -0.15) is 0 Å². The lowest BCUT2D eigenvalue weighted by Gasteiger charge is -2.26. The van der Waals surface area contributed by atoms with Crippen LogP contribution >= 0.6 is 0 Å². The van der Waals surface area contributed by atoms with E-state index in [1.807, 2.05) is 10.6 Å². The largest absolute Gasteiger partial charge is 0.324 e. The van der Waals surface area contributed by atoms with Gasteiger partial charge in [-0.15, -0.1) is 0 Å². The van der Waals surface area contributed by atoms with Gasteiger partial charge in [0.15, 0.2) is 11.6 Å². The highest BCUT2D eigenvalue weighted by atomic mass is 16.2. The monoisotopic (exact) mass is 186 g/mol. The molecule has 0 rings (SSSR count). The van der Waals surface area contributed by atoms with Gasteiger partial charge >= 0.3 is 0 Å². The number of hydrogen-bond acceptors (Lipinski definition) is 4. The SMILES string of the molecule is CC(=O)C(NC=O)(NC=O)C(C)=O. The van der Waals surface area contributed by atoms with Gasteiger partial charge in [-0.1, -0.05) is 0 Å². The van der Waals surface area contributed by atoms with Crippen LogP contribution in [0.1, 0.15) is 13.8 Å². The number of rotatable bonds is 6. The van der Waals surface area contributed by atoms with E-state index in [0.29, 0.717) is 0 Å². The molecule has 0 fully saturated rings. The number of carbonyl (C=O) groups excluding carboxylic acids is 4. The van der Waals surface area contributed by atoms with Crippen molar-refractivity contribution in [3.05, 3.63) is 0 Å². The fourth-order valence-electron chi connectivity index (χ4n) is 0.873. The predicted octanol–water partition coefficient (Wildman–Crippen LogP) is -1.65. The topological polar surface area (TPSA) is 92.3 Å². The first-order valence-electron chi connectivity index (χ1n) is 3.46. The van der Waals surface area contributed by atoms with Crippen LogP contribution in [0.2, 0.25) is 0 Å². The van der Waals surface area contributed by atoms with E-state index in [2.05, 4.69) is 0 Å². The van der Waals surface area contributed by atoms with Gasteiger partial charge in [-0.3, -0.25) is 19.2 Å². The zero-order valence-corrected chi connectivity index (χ0v) is 7.29. The van der Waals surface area contributed by atoms with E-state index in [1.165, 1.54) is 0 Å². The van der Waals surface area contributed by atoms with Crippen LogP contribution in [-0.2, 0) is 19.2 Å².